The van der Waals surface area contributed by atoms with Crippen LogP contribution in [0, 0.1) is 6.92 Å². The molecule has 4 nitrogen and oxygen atoms in total. The molecule has 0 aliphatic carbocycles. The molecule has 2 aliphatic heterocycles. The summed E-state index contributed by atoms with van der Waals surface area (Å²) in [7, 11) is 2.21. The predicted molar refractivity (Wildman–Crippen MR) is 91.6 cm³/mol. The van der Waals surface area contributed by atoms with Gasteiger partial charge in [0.15, 0.2) is 0 Å². The number of anilines is 1. The number of aryl methyl sites for hydroxylation is 1. The van der Waals surface area contributed by atoms with Crippen LogP contribution in [0.3, 0.4) is 0 Å². The lowest BCUT2D eigenvalue weighted by molar-refractivity contribution is 0.0961. The minimum Gasteiger partial charge on any atom is -0.353 e. The number of nitrogens with zero attached hydrogens (tertiary/aromatic N) is 4. The van der Waals surface area contributed by atoms with Crippen molar-refractivity contribution < 1.29 is 0 Å². The molecule has 0 N–H and O–H groups in total. The van der Waals surface area contributed by atoms with Crippen LogP contribution in [0.15, 0.2) is 30.3 Å². The monoisotopic (exact) mass is 296 g/mol. The third kappa shape index (κ3) is 2.46. The third-order valence-electron chi connectivity index (χ3n) is 5.15. The highest BCUT2D eigenvalue weighted by Gasteiger charge is 2.33. The molecule has 3 heterocycles. The Kier molecular flexibility index (Phi) is 3.51. The highest BCUT2D eigenvalue weighted by atomic mass is 15.4. The first kappa shape index (κ1) is 14.0. The van der Waals surface area contributed by atoms with Gasteiger partial charge in [-0.1, -0.05) is 18.2 Å². The van der Waals surface area contributed by atoms with Crippen LogP contribution < -0.4 is 4.90 Å². The number of benzene rings is 1. The maximum absolute atomic E-state index is 4.85. The van der Waals surface area contributed by atoms with Gasteiger partial charge >= 0.3 is 0 Å². The molecule has 0 unspecified atom stereocenters. The fourth-order valence-electron chi connectivity index (χ4n) is 3.55. The average Bonchev–Trinajstić information content (AvgIpc) is 2.48. The van der Waals surface area contributed by atoms with Gasteiger partial charge in [-0.15, -0.1) is 0 Å². The van der Waals surface area contributed by atoms with E-state index in [2.05, 4.69) is 59.0 Å². The summed E-state index contributed by atoms with van der Waals surface area (Å²) in [6.45, 7) is 9.24. The Balaban J connectivity index is 1.46. The van der Waals surface area contributed by atoms with Gasteiger partial charge in [0.05, 0.1) is 5.52 Å². The van der Waals surface area contributed by atoms with E-state index in [-0.39, 0.29) is 0 Å². The van der Waals surface area contributed by atoms with Gasteiger partial charge in [-0.05, 0) is 31.7 Å². The molecule has 0 atom stereocenters. The zero-order valence-corrected chi connectivity index (χ0v) is 13.5. The van der Waals surface area contributed by atoms with E-state index >= 15 is 0 Å². The molecule has 2 saturated heterocycles. The minimum absolute atomic E-state index is 0.710. The summed E-state index contributed by atoms with van der Waals surface area (Å²) in [4.78, 5) is 12.3. The van der Waals surface area contributed by atoms with Crippen molar-refractivity contribution in [1.82, 2.24) is 14.8 Å². The van der Waals surface area contributed by atoms with Crippen LogP contribution in [0.4, 0.5) is 5.82 Å². The highest BCUT2D eigenvalue weighted by Crippen LogP contribution is 2.27. The lowest BCUT2D eigenvalue weighted by Crippen LogP contribution is -2.63. The van der Waals surface area contributed by atoms with Gasteiger partial charge in [0.1, 0.15) is 5.82 Å². The van der Waals surface area contributed by atoms with Crippen LogP contribution in [0.25, 0.3) is 10.9 Å². The van der Waals surface area contributed by atoms with Crippen LogP contribution in [0.1, 0.15) is 5.56 Å². The van der Waals surface area contributed by atoms with Crippen molar-refractivity contribution in [2.75, 3.05) is 51.2 Å². The Labute approximate surface area is 132 Å². The second-order valence-corrected chi connectivity index (χ2v) is 6.71. The molecule has 0 amide bonds. The number of aromatic nitrogens is 1. The number of piperazine rings is 1. The van der Waals surface area contributed by atoms with E-state index < -0.39 is 0 Å². The topological polar surface area (TPSA) is 22.6 Å². The largest absolute Gasteiger partial charge is 0.353 e. The van der Waals surface area contributed by atoms with Crippen LogP contribution in [0.5, 0.6) is 0 Å². The van der Waals surface area contributed by atoms with E-state index in [1.165, 1.54) is 37.1 Å². The number of pyridine rings is 1. The summed E-state index contributed by atoms with van der Waals surface area (Å²) in [5.74, 6) is 1.14. The molecule has 0 radical (unpaired) electrons. The standard InChI is InChI=1S/C18H24N4/c1-14-11-18(19-17-6-4-3-5-16(14)17)22-12-15(13-22)21-9-7-20(2)8-10-21/h3-6,11,15H,7-10,12-13H2,1-2H3. The van der Waals surface area contributed by atoms with E-state index in [4.69, 9.17) is 4.98 Å². The molecule has 4 rings (SSSR count). The number of hydrogen-bond acceptors (Lipinski definition) is 4. The quantitative estimate of drug-likeness (QED) is 0.845. The summed E-state index contributed by atoms with van der Waals surface area (Å²) < 4.78 is 0. The number of para-hydroxylation sites is 1. The summed E-state index contributed by atoms with van der Waals surface area (Å²) >= 11 is 0. The molecule has 1 aromatic carbocycles. The first-order valence-electron chi connectivity index (χ1n) is 8.24. The van der Waals surface area contributed by atoms with Crippen molar-refractivity contribution in [3.8, 4) is 0 Å². The van der Waals surface area contributed by atoms with Crippen molar-refractivity contribution in [3.63, 3.8) is 0 Å². The van der Waals surface area contributed by atoms with Crippen molar-refractivity contribution in [1.29, 1.82) is 0 Å². The molecule has 2 aromatic rings. The molecule has 0 saturated carbocycles. The predicted octanol–water partition coefficient (Wildman–Crippen LogP) is 1.98. The van der Waals surface area contributed by atoms with Crippen molar-refractivity contribution in [3.05, 3.63) is 35.9 Å². The molecule has 1 aromatic heterocycles. The summed E-state index contributed by atoms with van der Waals surface area (Å²) in [6, 6.07) is 11.4. The van der Waals surface area contributed by atoms with Gasteiger partial charge in [0.25, 0.3) is 0 Å². The second-order valence-electron chi connectivity index (χ2n) is 6.71. The SMILES string of the molecule is Cc1cc(N2CC(N3CCN(C)CC3)C2)nc2ccccc12. The van der Waals surface area contributed by atoms with Crippen LogP contribution in [0.2, 0.25) is 0 Å². The van der Waals surface area contributed by atoms with Gasteiger partial charge in [-0.25, -0.2) is 4.98 Å². The fraction of sp³-hybridized carbons (Fsp3) is 0.500. The second kappa shape index (κ2) is 5.52. The van der Waals surface area contributed by atoms with Gasteiger partial charge < -0.3 is 9.80 Å². The Bertz CT molecular complexity index is 670. The summed E-state index contributed by atoms with van der Waals surface area (Å²) in [5.41, 5.74) is 2.43. The zero-order chi connectivity index (χ0) is 15.1. The van der Waals surface area contributed by atoms with Crippen molar-refractivity contribution >= 4 is 16.7 Å². The Morgan fingerprint density at radius 3 is 2.55 bits per heavy atom. The van der Waals surface area contributed by atoms with E-state index in [9.17, 15) is 0 Å². The molecule has 0 bridgehead atoms. The van der Waals surface area contributed by atoms with E-state index in [1.54, 1.807) is 0 Å². The van der Waals surface area contributed by atoms with Gasteiger partial charge in [0.2, 0.25) is 0 Å². The van der Waals surface area contributed by atoms with Crippen LogP contribution in [-0.2, 0) is 0 Å². The van der Waals surface area contributed by atoms with Gasteiger partial charge in [-0.2, -0.15) is 0 Å². The van der Waals surface area contributed by atoms with Crippen LogP contribution >= 0.6 is 0 Å². The maximum atomic E-state index is 4.85. The lowest BCUT2D eigenvalue weighted by atomic mass is 10.0. The first-order chi connectivity index (χ1) is 10.7. The molecular formula is C18H24N4. The fourth-order valence-corrected chi connectivity index (χ4v) is 3.55. The Hall–Kier alpha value is -1.65. The maximum Gasteiger partial charge on any atom is 0.129 e. The number of hydrogen-bond donors (Lipinski definition) is 0. The molecule has 22 heavy (non-hydrogen) atoms. The van der Waals surface area contributed by atoms with Crippen molar-refractivity contribution in [2.45, 2.75) is 13.0 Å². The number of likely N-dealkylation sites (N-methyl/N-ethyl adjacent to an activating group) is 1. The first-order valence-corrected chi connectivity index (χ1v) is 8.24. The smallest absolute Gasteiger partial charge is 0.129 e. The molecule has 2 aliphatic rings. The number of fused-ring (bicyclic) bond motifs is 1. The summed E-state index contributed by atoms with van der Waals surface area (Å²) in [5, 5.41) is 1.27. The average molecular weight is 296 g/mol. The lowest BCUT2D eigenvalue weighted by Gasteiger charge is -2.48. The third-order valence-corrected chi connectivity index (χ3v) is 5.15. The molecule has 116 valence electrons. The molecule has 2 fully saturated rings. The molecule has 0 spiro atoms. The van der Waals surface area contributed by atoms with Crippen LogP contribution in [-0.4, -0.2) is 67.1 Å². The van der Waals surface area contributed by atoms with Crippen molar-refractivity contribution in [2.24, 2.45) is 0 Å². The minimum atomic E-state index is 0.710. The zero-order valence-electron chi connectivity index (χ0n) is 13.5. The Morgan fingerprint density at radius 1 is 1.05 bits per heavy atom. The van der Waals surface area contributed by atoms with E-state index in [0.717, 1.165) is 24.4 Å². The summed E-state index contributed by atoms with van der Waals surface area (Å²) in [6.07, 6.45) is 0. The van der Waals surface area contributed by atoms with E-state index in [1.807, 2.05) is 0 Å². The number of rotatable bonds is 2. The molecule has 4 heteroatoms. The van der Waals surface area contributed by atoms with Gasteiger partial charge in [-0.3, -0.25) is 4.90 Å². The normalized spacial score (nSPS) is 21.3. The van der Waals surface area contributed by atoms with Gasteiger partial charge in [0, 0.05) is 50.7 Å². The Morgan fingerprint density at radius 2 is 1.77 bits per heavy atom. The molecular weight excluding hydrogens is 272 g/mol. The highest BCUT2D eigenvalue weighted by molar-refractivity contribution is 5.83. The van der Waals surface area contributed by atoms with E-state index in [0.29, 0.717) is 6.04 Å².